The van der Waals surface area contributed by atoms with Crippen molar-refractivity contribution in [3.05, 3.63) is 42.7 Å². The maximum absolute atomic E-state index is 12.4. The van der Waals surface area contributed by atoms with Gasteiger partial charge in [-0.3, -0.25) is 4.79 Å². The molecule has 3 aliphatic rings. The zero-order valence-electron chi connectivity index (χ0n) is 11.0. The van der Waals surface area contributed by atoms with E-state index in [9.17, 15) is 13.2 Å². The maximum Gasteiger partial charge on any atom is 0.177 e. The normalized spacial score (nSPS) is 26.9. The molecule has 0 spiro atoms. The molecule has 0 saturated carbocycles. The summed E-state index contributed by atoms with van der Waals surface area (Å²) in [7, 11) is -3.28. The smallest absolute Gasteiger partial charge is 0.177 e. The van der Waals surface area contributed by atoms with Crippen LogP contribution in [0.3, 0.4) is 0 Å². The molecule has 4 rings (SSSR count). The van der Waals surface area contributed by atoms with E-state index in [4.69, 9.17) is 0 Å². The summed E-state index contributed by atoms with van der Waals surface area (Å²) in [5.41, 5.74) is 2.37. The fraction of sp³-hybridized carbons (Fsp3) is 0.357. The van der Waals surface area contributed by atoms with Gasteiger partial charge < -0.3 is 5.32 Å². The van der Waals surface area contributed by atoms with Crippen LogP contribution >= 0.6 is 27.3 Å². The van der Waals surface area contributed by atoms with Crippen molar-refractivity contribution in [3.8, 4) is 0 Å². The molecular formula is C14H12BrNO3S2. The van der Waals surface area contributed by atoms with Crippen molar-refractivity contribution in [2.75, 3.05) is 5.75 Å². The van der Waals surface area contributed by atoms with Crippen LogP contribution in [0, 0.1) is 0 Å². The summed E-state index contributed by atoms with van der Waals surface area (Å²) in [6.45, 7) is 0. The first kappa shape index (κ1) is 13.7. The number of Topliss-reactive ketones (excluding diaryl/α,β-unsaturated/α-hetero) is 1. The van der Waals surface area contributed by atoms with E-state index in [1.165, 1.54) is 11.3 Å². The average molecular weight is 386 g/mol. The highest BCUT2D eigenvalue weighted by atomic mass is 79.9. The number of carbonyl (C=O) groups excluding carboxylic acids is 1. The fourth-order valence-electron chi connectivity index (χ4n) is 3.34. The number of dihydropyridines is 1. The Hall–Kier alpha value is -0.920. The highest BCUT2D eigenvalue weighted by Gasteiger charge is 2.45. The molecule has 1 aromatic rings. The molecule has 0 saturated heterocycles. The molecule has 2 aliphatic heterocycles. The summed E-state index contributed by atoms with van der Waals surface area (Å²) in [5, 5.41) is 5.15. The molecule has 110 valence electrons. The lowest BCUT2D eigenvalue weighted by Gasteiger charge is -2.26. The molecular weight excluding hydrogens is 374 g/mol. The van der Waals surface area contributed by atoms with Crippen LogP contribution in [0.4, 0.5) is 0 Å². The van der Waals surface area contributed by atoms with Crippen molar-refractivity contribution in [2.45, 2.75) is 25.2 Å². The summed E-state index contributed by atoms with van der Waals surface area (Å²) >= 11 is 4.91. The van der Waals surface area contributed by atoms with Crippen LogP contribution in [0.5, 0.6) is 0 Å². The molecule has 4 nitrogen and oxygen atoms in total. The Labute approximate surface area is 135 Å². The summed E-state index contributed by atoms with van der Waals surface area (Å²) < 4.78 is 25.8. The highest BCUT2D eigenvalue weighted by molar-refractivity contribution is 9.10. The molecule has 7 heteroatoms. The van der Waals surface area contributed by atoms with Gasteiger partial charge in [0.1, 0.15) is 0 Å². The van der Waals surface area contributed by atoms with Gasteiger partial charge in [-0.15, -0.1) is 11.3 Å². The van der Waals surface area contributed by atoms with Crippen LogP contribution in [-0.2, 0) is 14.6 Å². The van der Waals surface area contributed by atoms with E-state index in [1.807, 2.05) is 11.4 Å². The Kier molecular flexibility index (Phi) is 2.96. The van der Waals surface area contributed by atoms with Crippen LogP contribution in [0.25, 0.3) is 0 Å². The molecule has 0 bridgehead atoms. The van der Waals surface area contributed by atoms with Crippen LogP contribution in [-0.4, -0.2) is 20.0 Å². The Bertz CT molecular complexity index is 832. The standard InChI is InChI=1S/C14H12BrNO3S2/c15-7-5-11(20-6-7)13-12-8(1-2-10(12)17)16-9-3-4-21(18,19)14(9)13/h5-6,13,16H,1-4H2. The van der Waals surface area contributed by atoms with Gasteiger partial charge in [0.2, 0.25) is 0 Å². The lowest BCUT2D eigenvalue weighted by molar-refractivity contribution is -0.115. The molecule has 21 heavy (non-hydrogen) atoms. The van der Waals surface area contributed by atoms with Crippen LogP contribution in [0.2, 0.25) is 0 Å². The number of nitrogens with one attached hydrogen (secondary N) is 1. The van der Waals surface area contributed by atoms with E-state index in [0.717, 1.165) is 20.7 Å². The van der Waals surface area contributed by atoms with Gasteiger partial charge in [-0.25, -0.2) is 8.42 Å². The predicted molar refractivity (Wildman–Crippen MR) is 84.6 cm³/mol. The lowest BCUT2D eigenvalue weighted by Crippen LogP contribution is -2.25. The molecule has 0 amide bonds. The van der Waals surface area contributed by atoms with E-state index in [1.54, 1.807) is 0 Å². The Morgan fingerprint density at radius 2 is 2.05 bits per heavy atom. The van der Waals surface area contributed by atoms with Crippen LogP contribution < -0.4 is 5.32 Å². The number of thiophene rings is 1. The van der Waals surface area contributed by atoms with Gasteiger partial charge in [0, 0.05) is 44.5 Å². The number of allylic oxidation sites excluding steroid dienone is 4. The van der Waals surface area contributed by atoms with Gasteiger partial charge in [-0.2, -0.15) is 0 Å². The fourth-order valence-corrected chi connectivity index (χ4v) is 6.80. The van der Waals surface area contributed by atoms with Gasteiger partial charge >= 0.3 is 0 Å². The Morgan fingerprint density at radius 1 is 1.24 bits per heavy atom. The highest BCUT2D eigenvalue weighted by Crippen LogP contribution is 2.49. The first-order valence-electron chi connectivity index (χ1n) is 6.70. The minimum absolute atomic E-state index is 0.0701. The molecule has 1 atom stereocenters. The molecule has 1 aliphatic carbocycles. The van der Waals surface area contributed by atoms with Gasteiger partial charge in [0.15, 0.2) is 15.6 Å². The van der Waals surface area contributed by atoms with Crippen LogP contribution in [0.1, 0.15) is 30.1 Å². The number of halogens is 1. The second-order valence-electron chi connectivity index (χ2n) is 5.45. The minimum atomic E-state index is -3.28. The molecule has 0 aromatic carbocycles. The SMILES string of the molecule is O=C1CCC2=C1C(c1cc(Br)cs1)C1=C(CCS1(=O)=O)N2. The van der Waals surface area contributed by atoms with Gasteiger partial charge in [0.05, 0.1) is 16.6 Å². The summed E-state index contributed by atoms with van der Waals surface area (Å²) in [6, 6.07) is 1.93. The molecule has 0 radical (unpaired) electrons. The van der Waals surface area contributed by atoms with Gasteiger partial charge in [-0.1, -0.05) is 0 Å². The number of ketones is 1. The predicted octanol–water partition coefficient (Wildman–Crippen LogP) is 2.84. The van der Waals surface area contributed by atoms with E-state index >= 15 is 0 Å². The van der Waals surface area contributed by atoms with Crippen molar-refractivity contribution in [1.82, 2.24) is 5.32 Å². The van der Waals surface area contributed by atoms with Crippen molar-refractivity contribution < 1.29 is 13.2 Å². The maximum atomic E-state index is 12.4. The summed E-state index contributed by atoms with van der Waals surface area (Å²) in [4.78, 5) is 13.6. The quantitative estimate of drug-likeness (QED) is 0.806. The van der Waals surface area contributed by atoms with E-state index in [2.05, 4.69) is 21.2 Å². The molecule has 1 unspecified atom stereocenters. The molecule has 1 aromatic heterocycles. The van der Waals surface area contributed by atoms with Gasteiger partial charge in [-0.05, 0) is 28.4 Å². The molecule has 3 heterocycles. The number of hydrogen-bond donors (Lipinski definition) is 1. The summed E-state index contributed by atoms with van der Waals surface area (Å²) in [5.74, 6) is -0.196. The van der Waals surface area contributed by atoms with E-state index in [0.29, 0.717) is 29.7 Å². The topological polar surface area (TPSA) is 63.2 Å². The van der Waals surface area contributed by atoms with Gasteiger partial charge in [0.25, 0.3) is 0 Å². The second-order valence-corrected chi connectivity index (χ2v) is 9.39. The molecule has 1 N–H and O–H groups in total. The monoisotopic (exact) mass is 385 g/mol. The minimum Gasteiger partial charge on any atom is -0.361 e. The van der Waals surface area contributed by atoms with E-state index < -0.39 is 15.8 Å². The third kappa shape index (κ3) is 1.98. The van der Waals surface area contributed by atoms with Crippen molar-refractivity contribution in [3.63, 3.8) is 0 Å². The number of rotatable bonds is 1. The Morgan fingerprint density at radius 3 is 2.76 bits per heavy atom. The zero-order valence-corrected chi connectivity index (χ0v) is 14.2. The molecule has 0 fully saturated rings. The van der Waals surface area contributed by atoms with Crippen molar-refractivity contribution >= 4 is 42.9 Å². The first-order valence-corrected chi connectivity index (χ1v) is 10.0. The third-order valence-corrected chi connectivity index (χ3v) is 7.86. The average Bonchev–Trinajstić information content (AvgIpc) is 3.09. The largest absolute Gasteiger partial charge is 0.361 e. The van der Waals surface area contributed by atoms with Crippen molar-refractivity contribution in [1.29, 1.82) is 0 Å². The first-order chi connectivity index (χ1) is 9.97. The number of carbonyl (C=O) groups is 1. The zero-order chi connectivity index (χ0) is 14.8. The third-order valence-electron chi connectivity index (χ3n) is 4.21. The van der Waals surface area contributed by atoms with Crippen molar-refractivity contribution in [2.24, 2.45) is 0 Å². The van der Waals surface area contributed by atoms with E-state index in [-0.39, 0.29) is 11.5 Å². The number of hydrogen-bond acceptors (Lipinski definition) is 5. The van der Waals surface area contributed by atoms with Crippen LogP contribution in [0.15, 0.2) is 37.8 Å². The second kappa shape index (κ2) is 4.54. The lowest BCUT2D eigenvalue weighted by atomic mass is 9.91. The number of sulfone groups is 1. The Balaban J connectivity index is 1.95. The summed E-state index contributed by atoms with van der Waals surface area (Å²) in [6.07, 6.45) is 1.68.